The maximum atomic E-state index is 11.6. The first-order valence-electron chi connectivity index (χ1n) is 4.94. The molecule has 1 aliphatic rings. The molecule has 0 radical (unpaired) electrons. The van der Waals surface area contributed by atoms with Crippen molar-refractivity contribution in [3.8, 4) is 0 Å². The van der Waals surface area contributed by atoms with E-state index in [2.05, 4.69) is 10.1 Å². The van der Waals surface area contributed by atoms with Gasteiger partial charge in [0.15, 0.2) is 0 Å². The SMILES string of the molecule is CC(N)(C(=O)NCCOC(N)=O)C1CC1. The molecule has 0 saturated heterocycles. The summed E-state index contributed by atoms with van der Waals surface area (Å²) >= 11 is 0. The average Bonchev–Trinajstić information content (AvgIpc) is 2.94. The van der Waals surface area contributed by atoms with E-state index in [9.17, 15) is 9.59 Å². The Balaban J connectivity index is 2.20. The van der Waals surface area contributed by atoms with E-state index in [0.717, 1.165) is 12.8 Å². The number of hydrogen-bond donors (Lipinski definition) is 3. The summed E-state index contributed by atoms with van der Waals surface area (Å²) in [6.07, 6.45) is 1.15. The van der Waals surface area contributed by atoms with E-state index in [-0.39, 0.29) is 25.0 Å². The number of carbonyl (C=O) groups is 2. The molecule has 6 heteroatoms. The largest absolute Gasteiger partial charge is 0.448 e. The van der Waals surface area contributed by atoms with Gasteiger partial charge in [0, 0.05) is 0 Å². The van der Waals surface area contributed by atoms with Crippen molar-refractivity contribution in [3.05, 3.63) is 0 Å². The Hall–Kier alpha value is -1.30. The summed E-state index contributed by atoms with van der Waals surface area (Å²) in [5.41, 5.74) is 9.81. The van der Waals surface area contributed by atoms with Gasteiger partial charge in [-0.3, -0.25) is 4.79 Å². The molecule has 1 rings (SSSR count). The van der Waals surface area contributed by atoms with Crippen molar-refractivity contribution in [1.82, 2.24) is 5.32 Å². The standard InChI is InChI=1S/C9H17N3O3/c1-9(11,6-2-3-6)7(13)12-4-5-15-8(10)14/h6H,2-5,11H2,1H3,(H2,10,14)(H,12,13). The molecule has 0 aromatic carbocycles. The van der Waals surface area contributed by atoms with Gasteiger partial charge in [-0.15, -0.1) is 0 Å². The van der Waals surface area contributed by atoms with Crippen molar-refractivity contribution < 1.29 is 14.3 Å². The predicted octanol–water partition coefficient (Wildman–Crippen LogP) is -0.675. The third-order valence-electron chi connectivity index (χ3n) is 2.55. The third-order valence-corrected chi connectivity index (χ3v) is 2.55. The summed E-state index contributed by atoms with van der Waals surface area (Å²) in [7, 11) is 0. The van der Waals surface area contributed by atoms with Gasteiger partial charge in [0.1, 0.15) is 6.61 Å². The van der Waals surface area contributed by atoms with Crippen LogP contribution in [-0.2, 0) is 9.53 Å². The number of nitrogens with one attached hydrogen (secondary N) is 1. The van der Waals surface area contributed by atoms with Crippen LogP contribution in [0.4, 0.5) is 4.79 Å². The van der Waals surface area contributed by atoms with Crippen LogP contribution in [0.5, 0.6) is 0 Å². The van der Waals surface area contributed by atoms with E-state index < -0.39 is 11.6 Å². The smallest absolute Gasteiger partial charge is 0.404 e. The molecular weight excluding hydrogens is 198 g/mol. The molecule has 0 aromatic heterocycles. The fourth-order valence-electron chi connectivity index (χ4n) is 1.38. The zero-order valence-corrected chi connectivity index (χ0v) is 8.79. The molecule has 0 heterocycles. The zero-order chi connectivity index (χ0) is 11.5. The van der Waals surface area contributed by atoms with Gasteiger partial charge in [-0.25, -0.2) is 4.79 Å². The van der Waals surface area contributed by atoms with Gasteiger partial charge in [0.25, 0.3) is 0 Å². The van der Waals surface area contributed by atoms with Crippen molar-refractivity contribution >= 4 is 12.0 Å². The first-order chi connectivity index (χ1) is 6.94. The van der Waals surface area contributed by atoms with Crippen LogP contribution in [0.25, 0.3) is 0 Å². The Morgan fingerprint density at radius 3 is 2.60 bits per heavy atom. The normalized spacial score (nSPS) is 19.1. The minimum atomic E-state index is -0.845. The maximum absolute atomic E-state index is 11.6. The molecule has 1 unspecified atom stereocenters. The molecule has 0 aromatic rings. The van der Waals surface area contributed by atoms with Crippen LogP contribution in [0.2, 0.25) is 0 Å². The van der Waals surface area contributed by atoms with Crippen LogP contribution < -0.4 is 16.8 Å². The number of carbonyl (C=O) groups excluding carboxylic acids is 2. The van der Waals surface area contributed by atoms with Crippen molar-refractivity contribution in [3.63, 3.8) is 0 Å². The van der Waals surface area contributed by atoms with Crippen LogP contribution in [0.3, 0.4) is 0 Å². The molecular formula is C9H17N3O3. The lowest BCUT2D eigenvalue weighted by molar-refractivity contribution is -0.126. The van der Waals surface area contributed by atoms with Gasteiger partial charge < -0.3 is 21.5 Å². The summed E-state index contributed by atoms with van der Waals surface area (Å²) in [5, 5.41) is 2.60. The molecule has 86 valence electrons. The summed E-state index contributed by atoms with van der Waals surface area (Å²) in [6.45, 7) is 2.03. The highest BCUT2D eigenvalue weighted by atomic mass is 16.5. The van der Waals surface area contributed by atoms with Gasteiger partial charge in [-0.05, 0) is 25.7 Å². The fourth-order valence-corrected chi connectivity index (χ4v) is 1.38. The van der Waals surface area contributed by atoms with Crippen molar-refractivity contribution in [2.75, 3.05) is 13.2 Å². The minimum absolute atomic E-state index is 0.0712. The van der Waals surface area contributed by atoms with E-state index in [1.54, 1.807) is 6.92 Å². The van der Waals surface area contributed by atoms with Crippen molar-refractivity contribution in [2.24, 2.45) is 17.4 Å². The van der Waals surface area contributed by atoms with Gasteiger partial charge in [-0.2, -0.15) is 0 Å². The number of rotatable bonds is 5. The minimum Gasteiger partial charge on any atom is -0.448 e. The van der Waals surface area contributed by atoms with Gasteiger partial charge in [0.05, 0.1) is 12.1 Å². The molecule has 2 amide bonds. The second kappa shape index (κ2) is 4.48. The lowest BCUT2D eigenvalue weighted by atomic mass is 9.96. The van der Waals surface area contributed by atoms with Crippen LogP contribution >= 0.6 is 0 Å². The molecule has 0 aliphatic heterocycles. The van der Waals surface area contributed by atoms with E-state index in [1.165, 1.54) is 0 Å². The molecule has 6 nitrogen and oxygen atoms in total. The third kappa shape index (κ3) is 3.39. The van der Waals surface area contributed by atoms with E-state index in [1.807, 2.05) is 0 Å². The summed E-state index contributed by atoms with van der Waals surface area (Å²) < 4.78 is 4.46. The molecule has 0 spiro atoms. The Morgan fingerprint density at radius 2 is 2.13 bits per heavy atom. The number of ether oxygens (including phenoxy) is 1. The second-order valence-electron chi connectivity index (χ2n) is 3.98. The average molecular weight is 215 g/mol. The molecule has 1 saturated carbocycles. The maximum Gasteiger partial charge on any atom is 0.404 e. The predicted molar refractivity (Wildman–Crippen MR) is 53.9 cm³/mol. The summed E-state index contributed by atoms with van der Waals surface area (Å²) in [6, 6.07) is 0. The summed E-state index contributed by atoms with van der Waals surface area (Å²) in [4.78, 5) is 21.8. The molecule has 5 N–H and O–H groups in total. The lowest BCUT2D eigenvalue weighted by Gasteiger charge is -2.22. The highest BCUT2D eigenvalue weighted by molar-refractivity contribution is 5.86. The molecule has 1 fully saturated rings. The molecule has 1 atom stereocenters. The second-order valence-corrected chi connectivity index (χ2v) is 3.98. The molecule has 1 aliphatic carbocycles. The highest BCUT2D eigenvalue weighted by Crippen LogP contribution is 2.37. The first kappa shape index (κ1) is 11.8. The Morgan fingerprint density at radius 1 is 1.53 bits per heavy atom. The Kier molecular flexibility index (Phi) is 3.52. The van der Waals surface area contributed by atoms with Crippen LogP contribution in [-0.4, -0.2) is 30.7 Å². The molecule has 0 bridgehead atoms. The first-order valence-corrected chi connectivity index (χ1v) is 4.94. The van der Waals surface area contributed by atoms with Gasteiger partial charge in [-0.1, -0.05) is 0 Å². The number of amides is 2. The van der Waals surface area contributed by atoms with Crippen molar-refractivity contribution in [2.45, 2.75) is 25.3 Å². The summed E-state index contributed by atoms with van der Waals surface area (Å²) in [5.74, 6) is 0.0626. The van der Waals surface area contributed by atoms with Gasteiger partial charge in [0.2, 0.25) is 5.91 Å². The van der Waals surface area contributed by atoms with E-state index in [4.69, 9.17) is 11.5 Å². The fraction of sp³-hybridized carbons (Fsp3) is 0.778. The quantitative estimate of drug-likeness (QED) is 0.528. The Bertz CT molecular complexity index is 261. The van der Waals surface area contributed by atoms with Gasteiger partial charge >= 0.3 is 6.09 Å². The highest BCUT2D eigenvalue weighted by Gasteiger charge is 2.43. The monoisotopic (exact) mass is 215 g/mol. The topological polar surface area (TPSA) is 107 Å². The van der Waals surface area contributed by atoms with Crippen LogP contribution in [0, 0.1) is 5.92 Å². The van der Waals surface area contributed by atoms with Crippen LogP contribution in [0.15, 0.2) is 0 Å². The van der Waals surface area contributed by atoms with Crippen LogP contribution in [0.1, 0.15) is 19.8 Å². The Labute approximate surface area is 88.3 Å². The van der Waals surface area contributed by atoms with E-state index in [0.29, 0.717) is 0 Å². The molecule has 15 heavy (non-hydrogen) atoms. The van der Waals surface area contributed by atoms with Crippen molar-refractivity contribution in [1.29, 1.82) is 0 Å². The lowest BCUT2D eigenvalue weighted by Crippen LogP contribution is -2.53. The zero-order valence-electron chi connectivity index (χ0n) is 8.79. The number of primary amides is 1. The van der Waals surface area contributed by atoms with E-state index >= 15 is 0 Å². The number of nitrogens with two attached hydrogens (primary N) is 2. The number of hydrogen-bond acceptors (Lipinski definition) is 4.